The quantitative estimate of drug-likeness (QED) is 0.519. The lowest BCUT2D eigenvalue weighted by Crippen LogP contribution is -1.95. The lowest BCUT2D eigenvalue weighted by atomic mass is 9.87. The molecular formula is C22H22. The van der Waals surface area contributed by atoms with Crippen molar-refractivity contribution in [1.82, 2.24) is 0 Å². The Morgan fingerprint density at radius 3 is 1.95 bits per heavy atom. The first-order valence-corrected chi connectivity index (χ1v) is 7.92. The Morgan fingerprint density at radius 1 is 0.636 bits per heavy atom. The Bertz CT molecular complexity index is 767. The Morgan fingerprint density at radius 2 is 1.27 bits per heavy atom. The monoisotopic (exact) mass is 286 g/mol. The molecule has 3 aromatic rings. The van der Waals surface area contributed by atoms with Gasteiger partial charge in [-0.2, -0.15) is 0 Å². The molecule has 0 unspecified atom stereocenters. The molecule has 3 rings (SSSR count). The Balaban J connectivity index is 2.22. The number of aryl methyl sites for hydroxylation is 1. The van der Waals surface area contributed by atoms with Crippen molar-refractivity contribution in [2.45, 2.75) is 26.7 Å². The molecule has 0 radical (unpaired) electrons. The van der Waals surface area contributed by atoms with Crippen molar-refractivity contribution in [3.05, 3.63) is 83.9 Å². The maximum absolute atomic E-state index is 2.32. The summed E-state index contributed by atoms with van der Waals surface area (Å²) in [6, 6.07) is 26.1. The van der Waals surface area contributed by atoms with Crippen molar-refractivity contribution in [1.29, 1.82) is 0 Å². The van der Waals surface area contributed by atoms with Crippen molar-refractivity contribution in [2.24, 2.45) is 0 Å². The molecule has 0 aromatic heterocycles. The van der Waals surface area contributed by atoms with Gasteiger partial charge in [0.25, 0.3) is 0 Å². The second-order valence-electron chi connectivity index (χ2n) is 6.16. The highest BCUT2D eigenvalue weighted by molar-refractivity contribution is 5.85. The molecule has 0 heteroatoms. The van der Waals surface area contributed by atoms with E-state index in [1.54, 1.807) is 0 Å². The maximum Gasteiger partial charge on any atom is -0.0103 e. The predicted molar refractivity (Wildman–Crippen MR) is 96.1 cm³/mol. The molecule has 0 saturated carbocycles. The van der Waals surface area contributed by atoms with E-state index in [0.29, 0.717) is 5.92 Å². The molecule has 3 aromatic carbocycles. The van der Waals surface area contributed by atoms with Gasteiger partial charge in [0.1, 0.15) is 0 Å². The molecule has 0 atom stereocenters. The fraction of sp³-hybridized carbons (Fsp3) is 0.182. The zero-order valence-electron chi connectivity index (χ0n) is 13.5. The fourth-order valence-corrected chi connectivity index (χ4v) is 2.99. The number of benzene rings is 3. The van der Waals surface area contributed by atoms with Gasteiger partial charge in [-0.05, 0) is 40.7 Å². The van der Waals surface area contributed by atoms with Crippen molar-refractivity contribution < 1.29 is 0 Å². The van der Waals surface area contributed by atoms with Crippen LogP contribution in [0.2, 0.25) is 0 Å². The second kappa shape index (κ2) is 6.19. The number of hydrogen-bond donors (Lipinski definition) is 0. The van der Waals surface area contributed by atoms with E-state index >= 15 is 0 Å². The molecule has 0 heterocycles. The van der Waals surface area contributed by atoms with E-state index in [0.717, 1.165) is 0 Å². The fourth-order valence-electron chi connectivity index (χ4n) is 2.99. The summed E-state index contributed by atoms with van der Waals surface area (Å²) >= 11 is 0. The van der Waals surface area contributed by atoms with E-state index in [4.69, 9.17) is 0 Å². The molecule has 0 aliphatic carbocycles. The minimum absolute atomic E-state index is 0.513. The van der Waals surface area contributed by atoms with Gasteiger partial charge in [0.15, 0.2) is 0 Å². The van der Waals surface area contributed by atoms with Crippen LogP contribution < -0.4 is 0 Å². The van der Waals surface area contributed by atoms with Crippen molar-refractivity contribution in [2.75, 3.05) is 0 Å². The molecule has 0 N–H and O–H groups in total. The minimum Gasteiger partial charge on any atom is -0.0622 e. The van der Waals surface area contributed by atoms with Gasteiger partial charge in [-0.3, -0.25) is 0 Å². The van der Waals surface area contributed by atoms with Crippen LogP contribution in [0.3, 0.4) is 0 Å². The summed E-state index contributed by atoms with van der Waals surface area (Å²) in [5.41, 5.74) is 7.98. The summed E-state index contributed by atoms with van der Waals surface area (Å²) in [6.45, 7) is 6.70. The van der Waals surface area contributed by atoms with Crippen molar-refractivity contribution >= 4 is 0 Å². The first-order valence-electron chi connectivity index (χ1n) is 7.92. The van der Waals surface area contributed by atoms with Gasteiger partial charge >= 0.3 is 0 Å². The van der Waals surface area contributed by atoms with Gasteiger partial charge < -0.3 is 0 Å². The average molecular weight is 286 g/mol. The summed E-state index contributed by atoms with van der Waals surface area (Å²) in [7, 11) is 0. The van der Waals surface area contributed by atoms with Crippen LogP contribution in [-0.4, -0.2) is 0 Å². The highest BCUT2D eigenvalue weighted by Crippen LogP contribution is 2.36. The van der Waals surface area contributed by atoms with E-state index in [-0.39, 0.29) is 0 Å². The average Bonchev–Trinajstić information content (AvgIpc) is 2.55. The molecular weight excluding hydrogens is 264 g/mol. The van der Waals surface area contributed by atoms with E-state index in [1.165, 1.54) is 33.4 Å². The van der Waals surface area contributed by atoms with Gasteiger partial charge in [0, 0.05) is 0 Å². The Hall–Kier alpha value is -2.34. The summed E-state index contributed by atoms with van der Waals surface area (Å²) < 4.78 is 0. The van der Waals surface area contributed by atoms with Crippen LogP contribution in [-0.2, 0) is 0 Å². The van der Waals surface area contributed by atoms with E-state index in [1.807, 2.05) is 0 Å². The second-order valence-corrected chi connectivity index (χ2v) is 6.16. The van der Waals surface area contributed by atoms with Crippen LogP contribution in [0.25, 0.3) is 22.3 Å². The normalized spacial score (nSPS) is 10.9. The smallest absolute Gasteiger partial charge is 0.0103 e. The number of rotatable bonds is 3. The van der Waals surface area contributed by atoms with Crippen LogP contribution in [0.4, 0.5) is 0 Å². The van der Waals surface area contributed by atoms with Gasteiger partial charge in [0.05, 0.1) is 0 Å². The highest BCUT2D eigenvalue weighted by atomic mass is 14.2. The van der Waals surface area contributed by atoms with E-state index < -0.39 is 0 Å². The Kier molecular flexibility index (Phi) is 4.11. The third kappa shape index (κ3) is 2.82. The molecule has 110 valence electrons. The summed E-state index contributed by atoms with van der Waals surface area (Å²) in [6.07, 6.45) is 0. The third-order valence-electron chi connectivity index (χ3n) is 4.13. The molecule has 0 fully saturated rings. The molecule has 0 aliphatic rings. The lowest BCUT2D eigenvalue weighted by molar-refractivity contribution is 0.867. The molecule has 0 bridgehead atoms. The van der Waals surface area contributed by atoms with E-state index in [9.17, 15) is 0 Å². The predicted octanol–water partition coefficient (Wildman–Crippen LogP) is 6.45. The molecule has 0 amide bonds. The SMILES string of the molecule is Cc1ccc(-c2ccccc2-c2ccccc2)c(C(C)C)c1. The molecule has 22 heavy (non-hydrogen) atoms. The van der Waals surface area contributed by atoms with Crippen LogP contribution in [0.5, 0.6) is 0 Å². The summed E-state index contributed by atoms with van der Waals surface area (Å²) in [5.74, 6) is 0.513. The zero-order valence-corrected chi connectivity index (χ0v) is 13.5. The summed E-state index contributed by atoms with van der Waals surface area (Å²) in [4.78, 5) is 0. The van der Waals surface area contributed by atoms with E-state index in [2.05, 4.69) is 93.6 Å². The van der Waals surface area contributed by atoms with Crippen LogP contribution in [0, 0.1) is 6.92 Å². The first-order chi connectivity index (χ1) is 10.7. The van der Waals surface area contributed by atoms with Gasteiger partial charge in [-0.15, -0.1) is 0 Å². The first kappa shape index (κ1) is 14.6. The number of hydrogen-bond acceptors (Lipinski definition) is 0. The van der Waals surface area contributed by atoms with Crippen LogP contribution in [0.15, 0.2) is 72.8 Å². The van der Waals surface area contributed by atoms with Gasteiger partial charge in [-0.25, -0.2) is 0 Å². The molecule has 0 aliphatic heterocycles. The topological polar surface area (TPSA) is 0 Å². The zero-order chi connectivity index (χ0) is 15.5. The van der Waals surface area contributed by atoms with Crippen molar-refractivity contribution in [3.8, 4) is 22.3 Å². The largest absolute Gasteiger partial charge is 0.0622 e. The van der Waals surface area contributed by atoms with Crippen LogP contribution >= 0.6 is 0 Å². The van der Waals surface area contributed by atoms with Crippen LogP contribution in [0.1, 0.15) is 30.9 Å². The third-order valence-corrected chi connectivity index (χ3v) is 4.13. The molecule has 0 saturated heterocycles. The summed E-state index contributed by atoms with van der Waals surface area (Å²) in [5, 5.41) is 0. The van der Waals surface area contributed by atoms with Gasteiger partial charge in [0.2, 0.25) is 0 Å². The highest BCUT2D eigenvalue weighted by Gasteiger charge is 2.12. The van der Waals surface area contributed by atoms with Crippen molar-refractivity contribution in [3.63, 3.8) is 0 Å². The molecule has 0 spiro atoms. The standard InChI is InChI=1S/C22H22/c1-16(2)22-15-17(3)13-14-21(22)20-12-8-7-11-19(20)18-9-5-4-6-10-18/h4-16H,1-3H3. The minimum atomic E-state index is 0.513. The maximum atomic E-state index is 2.32. The Labute approximate surface area is 133 Å². The van der Waals surface area contributed by atoms with Gasteiger partial charge in [-0.1, -0.05) is 92.2 Å². The lowest BCUT2D eigenvalue weighted by Gasteiger charge is -2.17. The molecule has 0 nitrogen and oxygen atoms in total.